The van der Waals surface area contributed by atoms with Crippen molar-refractivity contribution in [2.24, 2.45) is 5.73 Å². The molecule has 0 fully saturated rings. The molecule has 0 saturated heterocycles. The summed E-state index contributed by atoms with van der Waals surface area (Å²) in [6, 6.07) is 11.5. The first-order valence-corrected chi connectivity index (χ1v) is 6.88. The van der Waals surface area contributed by atoms with Gasteiger partial charge in [-0.15, -0.1) is 0 Å². The Hall–Kier alpha value is -0.900. The SMILES string of the molecule is CC(c1ccccn1)C(N)c1ccc(Br)c(Cl)c1. The number of hydrogen-bond acceptors (Lipinski definition) is 2. The summed E-state index contributed by atoms with van der Waals surface area (Å²) < 4.78 is 0.880. The molecule has 1 aromatic heterocycles. The van der Waals surface area contributed by atoms with Gasteiger partial charge in [0.1, 0.15) is 0 Å². The number of nitrogens with two attached hydrogens (primary N) is 1. The number of rotatable bonds is 3. The van der Waals surface area contributed by atoms with Crippen LogP contribution < -0.4 is 5.73 Å². The Morgan fingerprint density at radius 2 is 2.06 bits per heavy atom. The molecule has 1 heterocycles. The van der Waals surface area contributed by atoms with Gasteiger partial charge in [-0.2, -0.15) is 0 Å². The third-order valence-corrected chi connectivity index (χ3v) is 4.25. The molecule has 2 aromatic rings. The van der Waals surface area contributed by atoms with Crippen LogP contribution in [0.3, 0.4) is 0 Å². The Balaban J connectivity index is 2.25. The highest BCUT2D eigenvalue weighted by Gasteiger charge is 2.18. The predicted octanol–water partition coefficient (Wildman–Crippen LogP) is 4.30. The first-order valence-electron chi connectivity index (χ1n) is 5.71. The molecule has 0 bridgehead atoms. The second-order valence-corrected chi connectivity index (χ2v) is 5.50. The maximum Gasteiger partial charge on any atom is 0.0551 e. The van der Waals surface area contributed by atoms with Gasteiger partial charge in [0, 0.05) is 28.3 Å². The molecule has 2 nitrogen and oxygen atoms in total. The van der Waals surface area contributed by atoms with E-state index in [1.807, 2.05) is 36.4 Å². The van der Waals surface area contributed by atoms with E-state index in [0.29, 0.717) is 5.02 Å². The monoisotopic (exact) mass is 324 g/mol. The number of hydrogen-bond donors (Lipinski definition) is 1. The van der Waals surface area contributed by atoms with Crippen molar-refractivity contribution in [1.82, 2.24) is 4.98 Å². The maximum absolute atomic E-state index is 6.28. The van der Waals surface area contributed by atoms with Gasteiger partial charge in [-0.25, -0.2) is 0 Å². The highest BCUT2D eigenvalue weighted by Crippen LogP contribution is 2.31. The minimum atomic E-state index is -0.120. The molecule has 1 aromatic carbocycles. The Morgan fingerprint density at radius 3 is 2.67 bits per heavy atom. The third kappa shape index (κ3) is 2.91. The summed E-state index contributed by atoms with van der Waals surface area (Å²) in [6.45, 7) is 2.07. The molecular weight excluding hydrogens is 312 g/mol. The summed E-state index contributed by atoms with van der Waals surface area (Å²) in [5.41, 5.74) is 8.28. The maximum atomic E-state index is 6.28. The molecule has 0 aliphatic carbocycles. The number of aromatic nitrogens is 1. The second kappa shape index (κ2) is 5.83. The third-order valence-electron chi connectivity index (χ3n) is 3.02. The molecule has 4 heteroatoms. The van der Waals surface area contributed by atoms with Crippen LogP contribution in [-0.4, -0.2) is 4.98 Å². The van der Waals surface area contributed by atoms with E-state index >= 15 is 0 Å². The Labute approximate surface area is 120 Å². The minimum absolute atomic E-state index is 0.120. The Bertz CT molecular complexity index is 531. The Kier molecular flexibility index (Phi) is 4.38. The predicted molar refractivity (Wildman–Crippen MR) is 78.7 cm³/mol. The van der Waals surface area contributed by atoms with Crippen molar-refractivity contribution in [3.63, 3.8) is 0 Å². The van der Waals surface area contributed by atoms with Crippen molar-refractivity contribution in [3.8, 4) is 0 Å². The molecule has 94 valence electrons. The van der Waals surface area contributed by atoms with Crippen LogP contribution in [-0.2, 0) is 0 Å². The lowest BCUT2D eigenvalue weighted by atomic mass is 9.92. The van der Waals surface area contributed by atoms with E-state index in [4.69, 9.17) is 17.3 Å². The topological polar surface area (TPSA) is 38.9 Å². The summed E-state index contributed by atoms with van der Waals surface area (Å²) in [6.07, 6.45) is 1.78. The van der Waals surface area contributed by atoms with Crippen LogP contribution in [0, 0.1) is 0 Å². The van der Waals surface area contributed by atoms with E-state index in [-0.39, 0.29) is 12.0 Å². The summed E-state index contributed by atoms with van der Waals surface area (Å²) in [5, 5.41) is 0.677. The van der Waals surface area contributed by atoms with Crippen molar-refractivity contribution in [2.45, 2.75) is 18.9 Å². The highest BCUT2D eigenvalue weighted by molar-refractivity contribution is 9.10. The van der Waals surface area contributed by atoms with Gasteiger partial charge in [-0.3, -0.25) is 4.98 Å². The molecule has 2 rings (SSSR count). The number of nitrogens with zero attached hydrogens (tertiary/aromatic N) is 1. The fraction of sp³-hybridized carbons (Fsp3) is 0.214. The quantitative estimate of drug-likeness (QED) is 0.913. The van der Waals surface area contributed by atoms with Gasteiger partial charge in [-0.1, -0.05) is 30.7 Å². The average Bonchev–Trinajstić information content (AvgIpc) is 2.41. The summed E-state index contributed by atoms with van der Waals surface area (Å²) in [7, 11) is 0. The van der Waals surface area contributed by atoms with Gasteiger partial charge in [0.05, 0.1) is 5.02 Å². The zero-order chi connectivity index (χ0) is 13.1. The van der Waals surface area contributed by atoms with Crippen LogP contribution in [0.2, 0.25) is 5.02 Å². The zero-order valence-corrected chi connectivity index (χ0v) is 12.3. The lowest BCUT2D eigenvalue weighted by Gasteiger charge is -2.20. The van der Waals surface area contributed by atoms with E-state index in [2.05, 4.69) is 27.8 Å². The molecule has 2 N–H and O–H groups in total. The summed E-state index contributed by atoms with van der Waals surface area (Å²) in [5.74, 6) is 0.142. The van der Waals surface area contributed by atoms with Crippen molar-refractivity contribution >= 4 is 27.5 Å². The first kappa shape index (κ1) is 13.5. The standard InChI is InChI=1S/C14H14BrClN2/c1-9(13-4-2-3-7-18-13)14(17)10-5-6-11(15)12(16)8-10/h2-9,14H,17H2,1H3. The van der Waals surface area contributed by atoms with Crippen LogP contribution in [0.25, 0.3) is 0 Å². The molecule has 2 unspecified atom stereocenters. The second-order valence-electron chi connectivity index (χ2n) is 4.24. The van der Waals surface area contributed by atoms with Crippen molar-refractivity contribution < 1.29 is 0 Å². The fourth-order valence-corrected chi connectivity index (χ4v) is 2.27. The normalized spacial score (nSPS) is 14.2. The molecule has 18 heavy (non-hydrogen) atoms. The average molecular weight is 326 g/mol. The largest absolute Gasteiger partial charge is 0.323 e. The van der Waals surface area contributed by atoms with Gasteiger partial charge in [0.15, 0.2) is 0 Å². The molecule has 0 radical (unpaired) electrons. The van der Waals surface area contributed by atoms with Crippen LogP contribution in [0.1, 0.15) is 30.1 Å². The van der Waals surface area contributed by atoms with Crippen molar-refractivity contribution in [1.29, 1.82) is 0 Å². The van der Waals surface area contributed by atoms with Crippen LogP contribution in [0.4, 0.5) is 0 Å². The molecule has 0 spiro atoms. The van der Waals surface area contributed by atoms with Gasteiger partial charge >= 0.3 is 0 Å². The van der Waals surface area contributed by atoms with E-state index in [1.165, 1.54) is 0 Å². The van der Waals surface area contributed by atoms with Crippen LogP contribution in [0.15, 0.2) is 47.1 Å². The van der Waals surface area contributed by atoms with E-state index in [9.17, 15) is 0 Å². The lowest BCUT2D eigenvalue weighted by Crippen LogP contribution is -2.18. The molecule has 2 atom stereocenters. The van der Waals surface area contributed by atoms with Crippen molar-refractivity contribution in [3.05, 3.63) is 63.3 Å². The summed E-state index contributed by atoms with van der Waals surface area (Å²) in [4.78, 5) is 4.34. The van der Waals surface area contributed by atoms with Crippen LogP contribution in [0.5, 0.6) is 0 Å². The number of pyridine rings is 1. The Morgan fingerprint density at radius 1 is 1.28 bits per heavy atom. The van der Waals surface area contributed by atoms with Crippen molar-refractivity contribution in [2.75, 3.05) is 0 Å². The first-order chi connectivity index (χ1) is 8.59. The van der Waals surface area contributed by atoms with Gasteiger partial charge in [-0.05, 0) is 45.8 Å². The number of halogens is 2. The molecule has 0 aliphatic rings. The molecule has 0 saturated carbocycles. The minimum Gasteiger partial charge on any atom is -0.323 e. The smallest absolute Gasteiger partial charge is 0.0551 e. The summed E-state index contributed by atoms with van der Waals surface area (Å²) >= 11 is 9.47. The molecule has 0 amide bonds. The molecular formula is C14H14BrClN2. The number of benzene rings is 1. The van der Waals surface area contributed by atoms with E-state index < -0.39 is 0 Å². The highest BCUT2D eigenvalue weighted by atomic mass is 79.9. The van der Waals surface area contributed by atoms with E-state index in [1.54, 1.807) is 6.20 Å². The molecule has 0 aliphatic heterocycles. The van der Waals surface area contributed by atoms with Gasteiger partial charge in [0.25, 0.3) is 0 Å². The lowest BCUT2D eigenvalue weighted by molar-refractivity contribution is 0.584. The van der Waals surface area contributed by atoms with E-state index in [0.717, 1.165) is 15.7 Å². The van der Waals surface area contributed by atoms with Gasteiger partial charge < -0.3 is 5.73 Å². The van der Waals surface area contributed by atoms with Crippen LogP contribution >= 0.6 is 27.5 Å². The zero-order valence-electron chi connectivity index (χ0n) is 9.98. The fourth-order valence-electron chi connectivity index (χ4n) is 1.84. The van der Waals surface area contributed by atoms with Gasteiger partial charge in [0.2, 0.25) is 0 Å².